The minimum absolute atomic E-state index is 0.125. The molecule has 3 heterocycles. The highest BCUT2D eigenvalue weighted by Crippen LogP contribution is 2.45. The van der Waals surface area contributed by atoms with Gasteiger partial charge in [0, 0.05) is 18.7 Å². The lowest BCUT2D eigenvalue weighted by Gasteiger charge is -2.36. The Bertz CT molecular complexity index is 1030. The second-order valence-corrected chi connectivity index (χ2v) is 8.70. The molecule has 10 heteroatoms. The number of nitrogens with zero attached hydrogens (tertiary/aromatic N) is 2. The first-order valence-electron chi connectivity index (χ1n) is 11.2. The smallest absolute Gasteiger partial charge is 0.338 e. The first-order chi connectivity index (χ1) is 16.5. The number of allylic oxidation sites excluding steroid dienone is 1. The van der Waals surface area contributed by atoms with E-state index in [1.165, 1.54) is 18.9 Å². The van der Waals surface area contributed by atoms with Crippen molar-refractivity contribution in [2.45, 2.75) is 38.5 Å². The number of rotatable bonds is 9. The molecular weight excluding hydrogens is 458 g/mol. The van der Waals surface area contributed by atoms with E-state index in [4.69, 9.17) is 23.9 Å². The molecule has 9 nitrogen and oxygen atoms in total. The van der Waals surface area contributed by atoms with Crippen LogP contribution < -0.4 is 10.1 Å². The number of carbonyl (C=O) groups is 2. The maximum absolute atomic E-state index is 12.9. The Labute approximate surface area is 203 Å². The molecule has 0 spiro atoms. The molecule has 3 aliphatic rings. The van der Waals surface area contributed by atoms with E-state index in [1.54, 1.807) is 7.11 Å². The van der Waals surface area contributed by atoms with Gasteiger partial charge in [-0.25, -0.2) is 9.79 Å². The molecule has 1 aromatic rings. The van der Waals surface area contributed by atoms with E-state index in [9.17, 15) is 9.59 Å². The summed E-state index contributed by atoms with van der Waals surface area (Å²) in [5, 5.41) is 5.58. The van der Waals surface area contributed by atoms with Gasteiger partial charge in [-0.15, -0.1) is 0 Å². The third-order valence-electron chi connectivity index (χ3n) is 5.77. The number of hydrogen-bond acceptors (Lipinski definition) is 9. The zero-order valence-corrected chi connectivity index (χ0v) is 20.4. The molecule has 1 aromatic carbocycles. The molecular formula is C24H29N3O6S. The second kappa shape index (κ2) is 11.1. The van der Waals surface area contributed by atoms with Gasteiger partial charge in [0.1, 0.15) is 5.75 Å². The van der Waals surface area contributed by atoms with Crippen molar-refractivity contribution in [1.82, 2.24) is 10.2 Å². The third kappa shape index (κ3) is 5.13. The number of methoxy groups -OCH3 is 2. The molecule has 34 heavy (non-hydrogen) atoms. The molecule has 0 saturated carbocycles. The summed E-state index contributed by atoms with van der Waals surface area (Å²) in [4.78, 5) is 32.4. The highest BCUT2D eigenvalue weighted by molar-refractivity contribution is 8.16. The van der Waals surface area contributed by atoms with Gasteiger partial charge < -0.3 is 29.2 Å². The number of carbonyl (C=O) groups excluding carboxylic acids is 2. The highest BCUT2D eigenvalue weighted by Gasteiger charge is 2.41. The number of hydrogen-bond donors (Lipinski definition) is 1. The fraction of sp³-hybridized carbons (Fsp3) is 0.458. The minimum Gasteiger partial charge on any atom is -0.497 e. The van der Waals surface area contributed by atoms with Crippen molar-refractivity contribution >= 4 is 28.8 Å². The summed E-state index contributed by atoms with van der Waals surface area (Å²) in [7, 11) is 2.97. The Morgan fingerprint density at radius 3 is 2.76 bits per heavy atom. The molecule has 1 amide bonds. The van der Waals surface area contributed by atoms with Gasteiger partial charge >= 0.3 is 5.97 Å². The Morgan fingerprint density at radius 2 is 2.06 bits per heavy atom. The number of nitrogens with one attached hydrogen (secondary N) is 1. The summed E-state index contributed by atoms with van der Waals surface area (Å²) in [6.07, 6.45) is 1.05. The van der Waals surface area contributed by atoms with Gasteiger partial charge in [-0.3, -0.25) is 4.79 Å². The molecule has 4 rings (SSSR count). The molecule has 0 aliphatic carbocycles. The van der Waals surface area contributed by atoms with Crippen LogP contribution in [0.3, 0.4) is 0 Å². The lowest BCUT2D eigenvalue weighted by molar-refractivity contribution is -0.136. The van der Waals surface area contributed by atoms with Crippen molar-refractivity contribution in [3.63, 3.8) is 0 Å². The number of aliphatic imine (C=N–C) groups is 1. The van der Waals surface area contributed by atoms with Crippen LogP contribution in [0.25, 0.3) is 0 Å². The van der Waals surface area contributed by atoms with Crippen molar-refractivity contribution in [3.8, 4) is 5.75 Å². The SMILES string of the molecule is CCC1=C(C(=O)OC)C(c2cccc(OC)c2)N2C(CC(=O)NCCC3OCCO3)=CSC2=N1. The van der Waals surface area contributed by atoms with Crippen molar-refractivity contribution in [1.29, 1.82) is 0 Å². The summed E-state index contributed by atoms with van der Waals surface area (Å²) >= 11 is 1.45. The fourth-order valence-corrected chi connectivity index (χ4v) is 5.11. The minimum atomic E-state index is -0.487. The standard InChI is InChI=1S/C24H29N3O6S/c1-4-18-21(23(29)31-3)22(15-6-5-7-17(12-15)30-2)27-16(14-34-24(27)26-18)13-19(28)25-9-8-20-32-10-11-33-20/h5-7,12,14,20,22H,4,8-11,13H2,1-3H3,(H,25,28). The molecule has 1 saturated heterocycles. The predicted molar refractivity (Wildman–Crippen MR) is 128 cm³/mol. The Balaban J connectivity index is 1.58. The van der Waals surface area contributed by atoms with Crippen LogP contribution in [-0.2, 0) is 23.8 Å². The van der Waals surface area contributed by atoms with Gasteiger partial charge in [-0.1, -0.05) is 30.8 Å². The van der Waals surface area contributed by atoms with E-state index < -0.39 is 12.0 Å². The molecule has 1 atom stereocenters. The van der Waals surface area contributed by atoms with Crippen molar-refractivity contribution < 1.29 is 28.5 Å². The predicted octanol–water partition coefficient (Wildman–Crippen LogP) is 3.10. The maximum Gasteiger partial charge on any atom is 0.338 e. The van der Waals surface area contributed by atoms with E-state index in [0.717, 1.165) is 16.4 Å². The Morgan fingerprint density at radius 1 is 1.26 bits per heavy atom. The first kappa shape index (κ1) is 24.3. The van der Waals surface area contributed by atoms with Crippen LogP contribution in [0.4, 0.5) is 0 Å². The van der Waals surface area contributed by atoms with Gasteiger partial charge in [0.15, 0.2) is 11.5 Å². The highest BCUT2D eigenvalue weighted by atomic mass is 32.2. The number of amidine groups is 1. The van der Waals surface area contributed by atoms with Gasteiger partial charge in [0.25, 0.3) is 0 Å². The van der Waals surface area contributed by atoms with Crippen molar-refractivity contribution in [2.24, 2.45) is 4.99 Å². The summed E-state index contributed by atoms with van der Waals surface area (Å²) in [6, 6.07) is 7.08. The molecule has 1 fully saturated rings. The monoisotopic (exact) mass is 487 g/mol. The van der Waals surface area contributed by atoms with Crippen LogP contribution in [-0.4, -0.2) is 62.2 Å². The van der Waals surface area contributed by atoms with E-state index in [1.807, 2.05) is 41.5 Å². The second-order valence-electron chi connectivity index (χ2n) is 7.86. The molecule has 3 aliphatic heterocycles. The summed E-state index contributed by atoms with van der Waals surface area (Å²) in [5.41, 5.74) is 2.75. The number of ether oxygens (including phenoxy) is 4. The molecule has 1 N–H and O–H groups in total. The van der Waals surface area contributed by atoms with E-state index in [-0.39, 0.29) is 18.6 Å². The van der Waals surface area contributed by atoms with Gasteiger partial charge in [-0.2, -0.15) is 0 Å². The lowest BCUT2D eigenvalue weighted by Crippen LogP contribution is -2.38. The summed E-state index contributed by atoms with van der Waals surface area (Å²) in [6.45, 7) is 3.58. The average Bonchev–Trinajstić information content (AvgIpc) is 3.52. The van der Waals surface area contributed by atoms with Crippen LogP contribution in [0.1, 0.15) is 37.8 Å². The Kier molecular flexibility index (Phi) is 7.91. The first-order valence-corrected chi connectivity index (χ1v) is 12.1. The molecule has 0 bridgehead atoms. The average molecular weight is 488 g/mol. The van der Waals surface area contributed by atoms with Gasteiger partial charge in [-0.05, 0) is 29.5 Å². The lowest BCUT2D eigenvalue weighted by atomic mass is 9.92. The zero-order chi connectivity index (χ0) is 24.1. The number of fused-ring (bicyclic) bond motifs is 1. The topological polar surface area (TPSA) is 98.7 Å². The maximum atomic E-state index is 12.9. The molecule has 182 valence electrons. The van der Waals surface area contributed by atoms with Crippen LogP contribution in [0, 0.1) is 0 Å². The quantitative estimate of drug-likeness (QED) is 0.531. The van der Waals surface area contributed by atoms with Crippen molar-refractivity contribution in [3.05, 3.63) is 52.2 Å². The number of thioether (sulfide) groups is 1. The molecule has 0 aromatic heterocycles. The van der Waals surface area contributed by atoms with Crippen LogP contribution in [0.5, 0.6) is 5.75 Å². The molecule has 0 radical (unpaired) electrons. The van der Waals surface area contributed by atoms with Gasteiger partial charge in [0.2, 0.25) is 5.91 Å². The van der Waals surface area contributed by atoms with E-state index in [0.29, 0.717) is 49.6 Å². The summed E-state index contributed by atoms with van der Waals surface area (Å²) in [5.74, 6) is 0.111. The van der Waals surface area contributed by atoms with E-state index >= 15 is 0 Å². The summed E-state index contributed by atoms with van der Waals surface area (Å²) < 4.78 is 21.4. The van der Waals surface area contributed by atoms with Crippen molar-refractivity contribution in [2.75, 3.05) is 34.0 Å². The Hall–Kier alpha value is -2.82. The number of esters is 1. The molecule has 1 unspecified atom stereocenters. The zero-order valence-electron chi connectivity index (χ0n) is 19.5. The van der Waals surface area contributed by atoms with Gasteiger partial charge in [0.05, 0.1) is 51.2 Å². The number of amides is 1. The van der Waals surface area contributed by atoms with E-state index in [2.05, 4.69) is 5.32 Å². The van der Waals surface area contributed by atoms with Crippen LogP contribution in [0.15, 0.2) is 51.6 Å². The van der Waals surface area contributed by atoms with Crippen LogP contribution in [0.2, 0.25) is 0 Å². The van der Waals surface area contributed by atoms with Crippen LogP contribution >= 0.6 is 11.8 Å². The largest absolute Gasteiger partial charge is 0.497 e. The normalized spacial score (nSPS) is 20.1. The third-order valence-corrected chi connectivity index (χ3v) is 6.66. The number of benzene rings is 1. The fourth-order valence-electron chi connectivity index (χ4n) is 4.17.